The zero-order valence-electron chi connectivity index (χ0n) is 23.3. The molecule has 1 aliphatic heterocycles. The fourth-order valence-corrected chi connectivity index (χ4v) is 6.25. The molecule has 3 aromatic rings. The molecule has 0 saturated heterocycles. The fraction of sp³-hybridized carbons (Fsp3) is 0.353. The summed E-state index contributed by atoms with van der Waals surface area (Å²) in [5.74, 6) is 0.268. The third-order valence-electron chi connectivity index (χ3n) is 7.48. The van der Waals surface area contributed by atoms with Crippen molar-refractivity contribution in [3.63, 3.8) is 0 Å². The van der Waals surface area contributed by atoms with Crippen LogP contribution in [0.4, 0.5) is 5.69 Å². The van der Waals surface area contributed by atoms with E-state index >= 15 is 0 Å². The topological polar surface area (TPSA) is 3.24 Å². The van der Waals surface area contributed by atoms with Gasteiger partial charge in [-0.05, 0) is 110 Å². The maximum Gasteiger partial charge on any atom is 0.0508 e. The Bertz CT molecular complexity index is 1210. The smallest absolute Gasteiger partial charge is 0.0508 e. The lowest BCUT2D eigenvalue weighted by atomic mass is 9.66. The molecule has 0 saturated carbocycles. The third-order valence-corrected chi connectivity index (χ3v) is 7.48. The minimum Gasteiger partial charge on any atom is -0.323 e. The van der Waals surface area contributed by atoms with Crippen molar-refractivity contribution in [1.82, 2.24) is 0 Å². The number of rotatable bonds is 3. The van der Waals surface area contributed by atoms with Crippen molar-refractivity contribution in [2.45, 2.75) is 69.2 Å². The van der Waals surface area contributed by atoms with E-state index in [-0.39, 0.29) is 11.3 Å². The summed E-state index contributed by atoms with van der Waals surface area (Å²) in [5.41, 5.74) is 16.2. The Morgan fingerprint density at radius 3 is 1.29 bits per heavy atom. The van der Waals surface area contributed by atoms with Crippen molar-refractivity contribution in [3.05, 3.63) is 111 Å². The monoisotopic (exact) mass is 463 g/mol. The summed E-state index contributed by atoms with van der Waals surface area (Å²) in [4.78, 5) is 2.41. The van der Waals surface area contributed by atoms with Crippen LogP contribution >= 0.6 is 0 Å². The first kappa shape index (κ1) is 25.0. The van der Waals surface area contributed by atoms with Crippen LogP contribution in [-0.4, -0.2) is 0 Å². The molecular weight excluding hydrogens is 422 g/mol. The van der Waals surface area contributed by atoms with E-state index in [9.17, 15) is 0 Å². The zero-order valence-corrected chi connectivity index (χ0v) is 23.3. The standard InChI is InChI=1S/C34H41N/c1-21-17-26(6)33(27(7)18-21)35-19-28(30-22(2)13-11-14-23(30)3)32(34(8,9)10)29(20-35)31-24(4)15-12-16-25(31)5/h11-20,32H,1-10H3. The number of nitrogens with zero attached hydrogens (tertiary/aromatic N) is 1. The molecule has 182 valence electrons. The van der Waals surface area contributed by atoms with E-state index in [1.165, 1.54) is 66.9 Å². The first-order valence-corrected chi connectivity index (χ1v) is 12.8. The number of benzene rings is 3. The number of hydrogen-bond donors (Lipinski definition) is 0. The summed E-state index contributed by atoms with van der Waals surface area (Å²) in [6.45, 7) is 22.9. The highest BCUT2D eigenvalue weighted by Crippen LogP contribution is 2.51. The average Bonchev–Trinajstić information content (AvgIpc) is 2.72. The molecule has 3 aromatic carbocycles. The normalized spacial score (nSPS) is 14.7. The van der Waals surface area contributed by atoms with Gasteiger partial charge in [-0.25, -0.2) is 0 Å². The second kappa shape index (κ2) is 9.19. The molecule has 0 aliphatic carbocycles. The Labute approximate surface area is 213 Å². The minimum atomic E-state index is 0.0462. The average molecular weight is 464 g/mol. The summed E-state index contributed by atoms with van der Waals surface area (Å²) in [7, 11) is 0. The van der Waals surface area contributed by atoms with Gasteiger partial charge in [-0.15, -0.1) is 0 Å². The van der Waals surface area contributed by atoms with Crippen LogP contribution in [0.15, 0.2) is 60.9 Å². The van der Waals surface area contributed by atoms with Gasteiger partial charge < -0.3 is 4.90 Å². The van der Waals surface area contributed by atoms with Gasteiger partial charge in [0, 0.05) is 18.3 Å². The molecule has 1 heteroatoms. The van der Waals surface area contributed by atoms with Crippen molar-refractivity contribution in [3.8, 4) is 0 Å². The van der Waals surface area contributed by atoms with Crippen LogP contribution in [-0.2, 0) is 0 Å². The minimum absolute atomic E-state index is 0.0462. The molecule has 0 bridgehead atoms. The summed E-state index contributed by atoms with van der Waals surface area (Å²) in [5, 5.41) is 0. The van der Waals surface area contributed by atoms with E-state index in [1.807, 2.05) is 0 Å². The van der Waals surface area contributed by atoms with Gasteiger partial charge in [0.25, 0.3) is 0 Å². The van der Waals surface area contributed by atoms with Crippen LogP contribution in [0.3, 0.4) is 0 Å². The van der Waals surface area contributed by atoms with Crippen molar-refractivity contribution in [1.29, 1.82) is 0 Å². The highest BCUT2D eigenvalue weighted by molar-refractivity contribution is 5.92. The van der Waals surface area contributed by atoms with E-state index in [0.29, 0.717) is 0 Å². The highest BCUT2D eigenvalue weighted by Gasteiger charge is 2.38. The van der Waals surface area contributed by atoms with Crippen LogP contribution in [0.2, 0.25) is 0 Å². The number of allylic oxidation sites excluding steroid dienone is 2. The Morgan fingerprint density at radius 1 is 0.571 bits per heavy atom. The summed E-state index contributed by atoms with van der Waals surface area (Å²) in [6.07, 6.45) is 4.85. The van der Waals surface area contributed by atoms with E-state index in [4.69, 9.17) is 0 Å². The van der Waals surface area contributed by atoms with Crippen LogP contribution in [0, 0.1) is 59.8 Å². The lowest BCUT2D eigenvalue weighted by Crippen LogP contribution is -2.30. The Hall–Kier alpha value is -3.06. The van der Waals surface area contributed by atoms with E-state index in [2.05, 4.69) is 135 Å². The molecule has 35 heavy (non-hydrogen) atoms. The maximum absolute atomic E-state index is 2.42. The molecule has 0 fully saturated rings. The van der Waals surface area contributed by atoms with E-state index in [1.54, 1.807) is 0 Å². The van der Waals surface area contributed by atoms with Crippen molar-refractivity contribution in [2.24, 2.45) is 11.3 Å². The maximum atomic E-state index is 2.42. The molecule has 1 aliphatic rings. The summed E-state index contributed by atoms with van der Waals surface area (Å²) < 4.78 is 0. The highest BCUT2D eigenvalue weighted by atomic mass is 15.1. The first-order valence-electron chi connectivity index (χ1n) is 12.8. The van der Waals surface area contributed by atoms with Gasteiger partial charge in [0.1, 0.15) is 0 Å². The molecule has 1 heterocycles. The SMILES string of the molecule is Cc1cc(C)c(N2C=C(c3c(C)cccc3C)C(C(C)(C)C)C(c3c(C)cccc3C)=C2)c(C)c1. The molecule has 1 nitrogen and oxygen atoms in total. The van der Waals surface area contributed by atoms with Gasteiger partial charge in [0.2, 0.25) is 0 Å². The lowest BCUT2D eigenvalue weighted by Gasteiger charge is -2.42. The second-order valence-corrected chi connectivity index (χ2v) is 11.7. The van der Waals surface area contributed by atoms with E-state index in [0.717, 1.165) is 0 Å². The quantitative estimate of drug-likeness (QED) is 0.374. The van der Waals surface area contributed by atoms with Gasteiger partial charge in [-0.3, -0.25) is 0 Å². The van der Waals surface area contributed by atoms with Crippen LogP contribution in [0.5, 0.6) is 0 Å². The molecule has 0 spiro atoms. The van der Waals surface area contributed by atoms with E-state index < -0.39 is 0 Å². The molecule has 4 rings (SSSR count). The van der Waals surface area contributed by atoms with Crippen LogP contribution in [0.1, 0.15) is 70.8 Å². The van der Waals surface area contributed by atoms with Crippen molar-refractivity contribution < 1.29 is 0 Å². The number of hydrogen-bond acceptors (Lipinski definition) is 1. The molecule has 0 aromatic heterocycles. The predicted molar refractivity (Wildman–Crippen MR) is 154 cm³/mol. The zero-order chi connectivity index (χ0) is 25.7. The van der Waals surface area contributed by atoms with Gasteiger partial charge in [0.05, 0.1) is 5.69 Å². The largest absolute Gasteiger partial charge is 0.323 e. The van der Waals surface area contributed by atoms with Gasteiger partial charge in [0.15, 0.2) is 0 Å². The fourth-order valence-electron chi connectivity index (χ4n) is 6.25. The molecule has 0 amide bonds. The van der Waals surface area contributed by atoms with Gasteiger partial charge in [-0.1, -0.05) is 74.9 Å². The predicted octanol–water partition coefficient (Wildman–Crippen LogP) is 9.41. The molecule has 0 radical (unpaired) electrons. The molecule has 0 unspecified atom stereocenters. The lowest BCUT2D eigenvalue weighted by molar-refractivity contribution is 0.359. The van der Waals surface area contributed by atoms with Crippen LogP contribution in [0.25, 0.3) is 11.1 Å². The first-order chi connectivity index (χ1) is 16.4. The number of aryl methyl sites for hydroxylation is 7. The van der Waals surface area contributed by atoms with Crippen molar-refractivity contribution >= 4 is 16.8 Å². The second-order valence-electron chi connectivity index (χ2n) is 11.7. The third kappa shape index (κ3) is 4.61. The summed E-state index contributed by atoms with van der Waals surface area (Å²) >= 11 is 0. The molecule has 0 N–H and O–H groups in total. The Morgan fingerprint density at radius 2 is 0.943 bits per heavy atom. The number of anilines is 1. The molecule has 0 atom stereocenters. The van der Waals surface area contributed by atoms with Gasteiger partial charge >= 0.3 is 0 Å². The summed E-state index contributed by atoms with van der Waals surface area (Å²) in [6, 6.07) is 18.0. The van der Waals surface area contributed by atoms with Gasteiger partial charge in [-0.2, -0.15) is 0 Å². The Balaban J connectivity index is 2.10. The van der Waals surface area contributed by atoms with Crippen LogP contribution < -0.4 is 4.90 Å². The molecular formula is C34H41N. The Kier molecular flexibility index (Phi) is 6.58. The van der Waals surface area contributed by atoms with Crippen molar-refractivity contribution in [2.75, 3.05) is 4.90 Å².